The van der Waals surface area contributed by atoms with E-state index in [0.29, 0.717) is 54.1 Å². The molecule has 1 fully saturated rings. The molecule has 168 valence electrons. The summed E-state index contributed by atoms with van der Waals surface area (Å²) in [4.78, 5) is 17.4. The van der Waals surface area contributed by atoms with Crippen molar-refractivity contribution in [3.63, 3.8) is 0 Å². The molecule has 0 unspecified atom stereocenters. The van der Waals surface area contributed by atoms with Gasteiger partial charge in [0.05, 0.1) is 31.1 Å². The number of ether oxygens (including phenoxy) is 3. The molecular weight excluding hydrogens is 406 g/mol. The summed E-state index contributed by atoms with van der Waals surface area (Å²) in [6.07, 6.45) is 4.86. The maximum absolute atomic E-state index is 12.8. The van der Waals surface area contributed by atoms with Gasteiger partial charge in [-0.2, -0.15) is 0 Å². The van der Waals surface area contributed by atoms with Crippen molar-refractivity contribution in [2.24, 2.45) is 5.92 Å². The molecule has 3 aromatic rings. The van der Waals surface area contributed by atoms with Crippen LogP contribution in [-0.2, 0) is 6.42 Å². The van der Waals surface area contributed by atoms with Gasteiger partial charge in [-0.15, -0.1) is 0 Å². The normalized spacial score (nSPS) is 13.2. The third kappa shape index (κ3) is 5.49. The van der Waals surface area contributed by atoms with E-state index in [1.165, 1.54) is 12.8 Å². The number of aromatic nitrogens is 1. The van der Waals surface area contributed by atoms with Crippen molar-refractivity contribution in [1.29, 1.82) is 0 Å². The average Bonchev–Trinajstić information content (AvgIpc) is 3.51. The highest BCUT2D eigenvalue weighted by molar-refractivity contribution is 5.98. The molecule has 0 N–H and O–H groups in total. The van der Waals surface area contributed by atoms with Crippen LogP contribution in [0, 0.1) is 5.92 Å². The Hall–Kier alpha value is -3.28. The largest absolute Gasteiger partial charge is 0.493 e. The number of aryl methyl sites for hydroxylation is 1. The van der Waals surface area contributed by atoms with Crippen molar-refractivity contribution in [2.75, 3.05) is 13.7 Å². The van der Waals surface area contributed by atoms with Crippen molar-refractivity contribution in [3.05, 3.63) is 60.0 Å². The van der Waals surface area contributed by atoms with Gasteiger partial charge in [-0.05, 0) is 62.9 Å². The topological polar surface area (TPSA) is 70.8 Å². The third-order valence-corrected chi connectivity index (χ3v) is 5.29. The monoisotopic (exact) mass is 435 g/mol. The second kappa shape index (κ2) is 9.90. The number of nitrogens with zero attached hydrogens (tertiary/aromatic N) is 1. The molecule has 0 amide bonds. The van der Waals surface area contributed by atoms with Crippen LogP contribution < -0.4 is 14.2 Å². The van der Waals surface area contributed by atoms with Gasteiger partial charge in [-0.25, -0.2) is 4.98 Å². The molecule has 0 atom stereocenters. The van der Waals surface area contributed by atoms with Crippen molar-refractivity contribution in [3.8, 4) is 28.7 Å². The van der Waals surface area contributed by atoms with Crippen LogP contribution in [0.15, 0.2) is 53.1 Å². The number of carbonyl (C=O) groups excluding carboxylic acids is 1. The Morgan fingerprint density at radius 3 is 2.69 bits per heavy atom. The van der Waals surface area contributed by atoms with E-state index in [2.05, 4.69) is 4.98 Å². The van der Waals surface area contributed by atoms with Crippen LogP contribution in [-0.4, -0.2) is 30.6 Å². The maximum atomic E-state index is 12.8. The summed E-state index contributed by atoms with van der Waals surface area (Å²) in [5.41, 5.74) is 2.13. The summed E-state index contributed by atoms with van der Waals surface area (Å²) in [5.74, 6) is 3.15. The highest BCUT2D eigenvalue weighted by Gasteiger charge is 2.23. The lowest BCUT2D eigenvalue weighted by Gasteiger charge is -2.13. The summed E-state index contributed by atoms with van der Waals surface area (Å²) in [5, 5.41) is 0. The number of rotatable bonds is 11. The van der Waals surface area contributed by atoms with Crippen LogP contribution in [0.25, 0.3) is 11.5 Å². The van der Waals surface area contributed by atoms with Gasteiger partial charge in [0.15, 0.2) is 17.3 Å². The first kappa shape index (κ1) is 21.9. The molecule has 4 rings (SSSR count). The van der Waals surface area contributed by atoms with Crippen LogP contribution >= 0.6 is 0 Å². The molecule has 6 heteroatoms. The van der Waals surface area contributed by atoms with Crippen LogP contribution in [0.1, 0.15) is 49.2 Å². The molecule has 1 heterocycles. The van der Waals surface area contributed by atoms with Crippen LogP contribution in [0.4, 0.5) is 0 Å². The van der Waals surface area contributed by atoms with E-state index < -0.39 is 0 Å². The third-order valence-electron chi connectivity index (χ3n) is 5.29. The van der Waals surface area contributed by atoms with E-state index >= 15 is 0 Å². The Morgan fingerprint density at radius 2 is 1.94 bits per heavy atom. The van der Waals surface area contributed by atoms with E-state index in [4.69, 9.17) is 18.6 Å². The Morgan fingerprint density at radius 1 is 1.12 bits per heavy atom. The lowest BCUT2D eigenvalue weighted by Crippen LogP contribution is -2.10. The zero-order valence-electron chi connectivity index (χ0n) is 18.8. The SMILES string of the molecule is COc1ccc(-c2nc(CCC(=O)c3ccccc3OC(C)C)co2)cc1OCC1CC1. The number of oxazole rings is 1. The first-order valence-electron chi connectivity index (χ1n) is 11.1. The minimum atomic E-state index is 0.00434. The smallest absolute Gasteiger partial charge is 0.226 e. The van der Waals surface area contributed by atoms with Gasteiger partial charge < -0.3 is 18.6 Å². The summed E-state index contributed by atoms with van der Waals surface area (Å²) in [6, 6.07) is 13.0. The second-order valence-electron chi connectivity index (χ2n) is 8.35. The minimum Gasteiger partial charge on any atom is -0.493 e. The molecule has 1 saturated carbocycles. The molecular formula is C26H29NO5. The van der Waals surface area contributed by atoms with E-state index in [9.17, 15) is 4.79 Å². The summed E-state index contributed by atoms with van der Waals surface area (Å²) >= 11 is 0. The molecule has 1 aliphatic carbocycles. The number of hydrogen-bond acceptors (Lipinski definition) is 6. The molecule has 0 radical (unpaired) electrons. The quantitative estimate of drug-likeness (QED) is 0.358. The fraction of sp³-hybridized carbons (Fsp3) is 0.385. The number of para-hydroxylation sites is 1. The minimum absolute atomic E-state index is 0.00434. The Labute approximate surface area is 188 Å². The number of hydrogen-bond donors (Lipinski definition) is 0. The fourth-order valence-electron chi connectivity index (χ4n) is 3.40. The van der Waals surface area contributed by atoms with Gasteiger partial charge >= 0.3 is 0 Å². The maximum Gasteiger partial charge on any atom is 0.226 e. The number of ketones is 1. The number of benzene rings is 2. The first-order chi connectivity index (χ1) is 15.5. The second-order valence-corrected chi connectivity index (χ2v) is 8.35. The molecule has 0 aliphatic heterocycles. The van der Waals surface area contributed by atoms with Gasteiger partial charge in [0.1, 0.15) is 12.0 Å². The first-order valence-corrected chi connectivity index (χ1v) is 11.1. The van der Waals surface area contributed by atoms with Crippen molar-refractivity contribution >= 4 is 5.78 Å². The molecule has 0 saturated heterocycles. The van der Waals surface area contributed by atoms with E-state index in [1.54, 1.807) is 19.4 Å². The van der Waals surface area contributed by atoms with E-state index in [-0.39, 0.29) is 11.9 Å². The summed E-state index contributed by atoms with van der Waals surface area (Å²) < 4.78 is 22.8. The van der Waals surface area contributed by atoms with E-state index in [0.717, 1.165) is 11.3 Å². The Kier molecular flexibility index (Phi) is 6.78. The van der Waals surface area contributed by atoms with Crippen molar-refractivity contribution in [1.82, 2.24) is 4.98 Å². The zero-order valence-corrected chi connectivity index (χ0v) is 18.8. The molecule has 1 aromatic heterocycles. The molecule has 2 aromatic carbocycles. The fourth-order valence-corrected chi connectivity index (χ4v) is 3.40. The van der Waals surface area contributed by atoms with Crippen LogP contribution in [0.2, 0.25) is 0 Å². The van der Waals surface area contributed by atoms with Crippen LogP contribution in [0.3, 0.4) is 0 Å². The zero-order chi connectivity index (χ0) is 22.5. The van der Waals surface area contributed by atoms with Crippen LogP contribution in [0.5, 0.6) is 17.2 Å². The van der Waals surface area contributed by atoms with Crippen molar-refractivity contribution in [2.45, 2.75) is 45.6 Å². The van der Waals surface area contributed by atoms with Gasteiger partial charge in [0.25, 0.3) is 0 Å². The average molecular weight is 436 g/mol. The summed E-state index contributed by atoms with van der Waals surface area (Å²) in [7, 11) is 1.63. The van der Waals surface area contributed by atoms with Gasteiger partial charge in [0, 0.05) is 18.4 Å². The predicted molar refractivity (Wildman–Crippen MR) is 122 cm³/mol. The standard InChI is InChI=1S/C26H29NO5/c1-17(2)32-23-7-5-4-6-21(23)22(28)12-11-20-16-31-26(27-20)19-10-13-24(29-3)25(14-19)30-15-18-8-9-18/h4-7,10,13-14,16-18H,8-9,11-12,15H2,1-3H3. The summed E-state index contributed by atoms with van der Waals surface area (Å²) in [6.45, 7) is 4.58. The van der Waals surface area contributed by atoms with Gasteiger partial charge in [0.2, 0.25) is 5.89 Å². The number of Topliss-reactive ketones (excluding diaryl/α,β-unsaturated/α-hetero) is 1. The number of carbonyl (C=O) groups is 1. The van der Waals surface area contributed by atoms with Gasteiger partial charge in [-0.1, -0.05) is 12.1 Å². The van der Waals surface area contributed by atoms with Gasteiger partial charge in [-0.3, -0.25) is 4.79 Å². The molecule has 0 spiro atoms. The molecule has 6 nitrogen and oxygen atoms in total. The molecule has 32 heavy (non-hydrogen) atoms. The van der Waals surface area contributed by atoms with Crippen molar-refractivity contribution < 1.29 is 23.4 Å². The lowest BCUT2D eigenvalue weighted by atomic mass is 10.0. The lowest BCUT2D eigenvalue weighted by molar-refractivity contribution is 0.0976. The highest BCUT2D eigenvalue weighted by Crippen LogP contribution is 2.35. The Bertz CT molecular complexity index is 1070. The Balaban J connectivity index is 1.42. The number of methoxy groups -OCH3 is 1. The highest BCUT2D eigenvalue weighted by atomic mass is 16.5. The predicted octanol–water partition coefficient (Wildman–Crippen LogP) is 5.74. The van der Waals surface area contributed by atoms with E-state index in [1.807, 2.05) is 50.2 Å². The molecule has 0 bridgehead atoms. The molecule has 1 aliphatic rings.